The summed E-state index contributed by atoms with van der Waals surface area (Å²) >= 11 is 6.34. The number of ether oxygens (including phenoxy) is 1. The molecule has 3 rings (SSSR count). The molecular weight excluding hydrogens is 442 g/mol. The number of halogens is 1. The van der Waals surface area contributed by atoms with Crippen LogP contribution in [0.5, 0.6) is 5.75 Å². The number of piperazine rings is 1. The van der Waals surface area contributed by atoms with Crippen molar-refractivity contribution in [3.05, 3.63) is 59.1 Å². The molecule has 0 aromatic heterocycles. The number of rotatable bonds is 5. The monoisotopic (exact) mass is 473 g/mol. The smallest absolute Gasteiger partial charge is 0.410 e. The fourth-order valence-electron chi connectivity index (χ4n) is 3.79. The highest BCUT2D eigenvalue weighted by Gasteiger charge is 2.34. The first kappa shape index (κ1) is 24.7. The van der Waals surface area contributed by atoms with Crippen LogP contribution in [-0.2, 0) is 16.0 Å². The van der Waals surface area contributed by atoms with Crippen LogP contribution in [0.3, 0.4) is 0 Å². The summed E-state index contributed by atoms with van der Waals surface area (Å²) in [5.74, 6) is 0.0214. The lowest BCUT2D eigenvalue weighted by Gasteiger charge is -2.39. The molecule has 178 valence electrons. The van der Waals surface area contributed by atoms with E-state index in [0.29, 0.717) is 37.6 Å². The minimum atomic E-state index is -0.726. The number of likely N-dealkylation sites (N-methyl/N-ethyl adjacent to an activating group) is 1. The van der Waals surface area contributed by atoms with Crippen molar-refractivity contribution in [1.82, 2.24) is 9.80 Å². The summed E-state index contributed by atoms with van der Waals surface area (Å²) in [6, 6.07) is 13.6. The minimum absolute atomic E-state index is 0.129. The number of para-hydroxylation sites is 1. The van der Waals surface area contributed by atoms with Gasteiger partial charge in [-0.3, -0.25) is 9.69 Å². The van der Waals surface area contributed by atoms with Gasteiger partial charge in [0.05, 0.1) is 10.7 Å². The first-order valence-corrected chi connectivity index (χ1v) is 11.4. The van der Waals surface area contributed by atoms with Gasteiger partial charge in [0.15, 0.2) is 0 Å². The molecule has 1 unspecified atom stereocenters. The molecule has 1 heterocycles. The average Bonchev–Trinajstić information content (AvgIpc) is 2.77. The van der Waals surface area contributed by atoms with E-state index in [1.807, 2.05) is 24.3 Å². The Hall–Kier alpha value is -2.93. The molecule has 0 aliphatic carbocycles. The predicted molar refractivity (Wildman–Crippen MR) is 130 cm³/mol. The van der Waals surface area contributed by atoms with Crippen molar-refractivity contribution in [2.24, 2.45) is 0 Å². The fraction of sp³-hybridized carbons (Fsp3) is 0.440. The molecule has 2 aromatic carbocycles. The van der Waals surface area contributed by atoms with Crippen LogP contribution in [0.2, 0.25) is 5.02 Å². The lowest BCUT2D eigenvalue weighted by Crippen LogP contribution is -2.56. The van der Waals surface area contributed by atoms with Gasteiger partial charge in [-0.15, -0.1) is 0 Å². The van der Waals surface area contributed by atoms with E-state index in [4.69, 9.17) is 16.3 Å². The molecule has 1 aliphatic rings. The molecule has 1 atom stereocenters. The summed E-state index contributed by atoms with van der Waals surface area (Å²) in [6.07, 6.45) is -0.228. The highest BCUT2D eigenvalue weighted by molar-refractivity contribution is 6.33. The zero-order chi connectivity index (χ0) is 24.2. The number of carbonyl (C=O) groups excluding carboxylic acids is 2. The Morgan fingerprint density at radius 1 is 1.06 bits per heavy atom. The van der Waals surface area contributed by atoms with Crippen LogP contribution in [0.25, 0.3) is 0 Å². The standard InChI is InChI=1S/C25H32ClN3O4/c1-25(2,3)33-24(32)27(4)22(17-18-9-11-19(30)12-10-18)23(31)29-15-13-28(14-16-29)21-8-6-5-7-20(21)26/h5-12,22,30H,13-17H2,1-4H3. The zero-order valence-electron chi connectivity index (χ0n) is 19.6. The Morgan fingerprint density at radius 3 is 2.24 bits per heavy atom. The first-order chi connectivity index (χ1) is 15.5. The van der Waals surface area contributed by atoms with Gasteiger partial charge in [0.2, 0.25) is 5.91 Å². The van der Waals surface area contributed by atoms with Crippen molar-refractivity contribution in [2.45, 2.75) is 38.8 Å². The van der Waals surface area contributed by atoms with Crippen LogP contribution < -0.4 is 4.90 Å². The number of anilines is 1. The predicted octanol–water partition coefficient (Wildman–Crippen LogP) is 4.17. The maximum atomic E-state index is 13.6. The van der Waals surface area contributed by atoms with Crippen LogP contribution in [0.15, 0.2) is 48.5 Å². The molecule has 1 fully saturated rings. The quantitative estimate of drug-likeness (QED) is 0.705. The largest absolute Gasteiger partial charge is 0.508 e. The number of benzene rings is 2. The highest BCUT2D eigenvalue weighted by Crippen LogP contribution is 2.26. The van der Waals surface area contributed by atoms with Gasteiger partial charge in [0.25, 0.3) is 0 Å². The molecular formula is C25H32ClN3O4. The van der Waals surface area contributed by atoms with Crippen molar-refractivity contribution in [3.8, 4) is 5.75 Å². The van der Waals surface area contributed by atoms with Crippen molar-refractivity contribution < 1.29 is 19.4 Å². The SMILES string of the molecule is CN(C(=O)OC(C)(C)C)C(Cc1ccc(O)cc1)C(=O)N1CCN(c2ccccc2Cl)CC1. The van der Waals surface area contributed by atoms with Gasteiger partial charge in [0, 0.05) is 39.6 Å². The second-order valence-electron chi connectivity index (χ2n) is 9.24. The number of phenolic OH excluding ortho intramolecular Hbond substituents is 1. The molecule has 7 nitrogen and oxygen atoms in total. The lowest BCUT2D eigenvalue weighted by atomic mass is 10.0. The van der Waals surface area contributed by atoms with Gasteiger partial charge in [-0.2, -0.15) is 0 Å². The molecule has 2 amide bonds. The third-order valence-corrected chi connectivity index (χ3v) is 5.90. The fourth-order valence-corrected chi connectivity index (χ4v) is 4.05. The Morgan fingerprint density at radius 2 is 1.67 bits per heavy atom. The van der Waals surface area contributed by atoms with Gasteiger partial charge < -0.3 is 19.6 Å². The average molecular weight is 474 g/mol. The molecule has 1 saturated heterocycles. The van der Waals surface area contributed by atoms with Gasteiger partial charge in [-0.1, -0.05) is 35.9 Å². The first-order valence-electron chi connectivity index (χ1n) is 11.1. The van der Waals surface area contributed by atoms with Crippen LogP contribution in [0.4, 0.5) is 10.5 Å². The lowest BCUT2D eigenvalue weighted by molar-refractivity contribution is -0.136. The summed E-state index contributed by atoms with van der Waals surface area (Å²) in [5.41, 5.74) is 1.13. The Bertz CT molecular complexity index is 966. The molecule has 0 bridgehead atoms. The Kier molecular flexibility index (Phi) is 7.74. The van der Waals surface area contributed by atoms with E-state index >= 15 is 0 Å². The van der Waals surface area contributed by atoms with Gasteiger partial charge in [-0.25, -0.2) is 4.79 Å². The summed E-state index contributed by atoms with van der Waals surface area (Å²) in [7, 11) is 1.59. The maximum Gasteiger partial charge on any atom is 0.410 e. The second-order valence-corrected chi connectivity index (χ2v) is 9.65. The van der Waals surface area contributed by atoms with E-state index < -0.39 is 17.7 Å². The molecule has 33 heavy (non-hydrogen) atoms. The van der Waals surface area contributed by atoms with Gasteiger partial charge in [0.1, 0.15) is 17.4 Å². The zero-order valence-corrected chi connectivity index (χ0v) is 20.4. The Labute approximate surface area is 200 Å². The van der Waals surface area contributed by atoms with E-state index in [2.05, 4.69) is 4.90 Å². The number of carbonyl (C=O) groups is 2. The molecule has 1 aliphatic heterocycles. The normalized spacial score (nSPS) is 15.2. The van der Waals surface area contributed by atoms with E-state index in [-0.39, 0.29) is 11.7 Å². The van der Waals surface area contributed by atoms with Crippen LogP contribution in [0, 0.1) is 0 Å². The summed E-state index contributed by atoms with van der Waals surface area (Å²) in [5, 5.41) is 10.3. The van der Waals surface area contributed by atoms with E-state index in [1.54, 1.807) is 57.0 Å². The molecule has 1 N–H and O–H groups in total. The number of amides is 2. The maximum absolute atomic E-state index is 13.6. The number of hydrogen-bond donors (Lipinski definition) is 1. The molecule has 0 radical (unpaired) electrons. The van der Waals surface area contributed by atoms with Crippen molar-refractivity contribution >= 4 is 29.3 Å². The summed E-state index contributed by atoms with van der Waals surface area (Å²) in [4.78, 5) is 31.7. The molecule has 0 spiro atoms. The Balaban J connectivity index is 1.75. The van der Waals surface area contributed by atoms with E-state index in [9.17, 15) is 14.7 Å². The van der Waals surface area contributed by atoms with E-state index in [0.717, 1.165) is 11.3 Å². The third kappa shape index (κ3) is 6.54. The van der Waals surface area contributed by atoms with Crippen molar-refractivity contribution in [1.29, 1.82) is 0 Å². The number of aromatic hydroxyl groups is 1. The number of nitrogens with zero attached hydrogens (tertiary/aromatic N) is 3. The number of hydrogen-bond acceptors (Lipinski definition) is 5. The third-order valence-electron chi connectivity index (χ3n) is 5.58. The van der Waals surface area contributed by atoms with Crippen LogP contribution in [-0.4, -0.2) is 71.8 Å². The number of phenols is 1. The van der Waals surface area contributed by atoms with Crippen molar-refractivity contribution in [2.75, 3.05) is 38.1 Å². The minimum Gasteiger partial charge on any atom is -0.508 e. The second kappa shape index (κ2) is 10.3. The van der Waals surface area contributed by atoms with E-state index in [1.165, 1.54) is 4.90 Å². The molecule has 2 aromatic rings. The van der Waals surface area contributed by atoms with Crippen LogP contribution in [0.1, 0.15) is 26.3 Å². The van der Waals surface area contributed by atoms with Crippen molar-refractivity contribution in [3.63, 3.8) is 0 Å². The molecule has 0 saturated carbocycles. The van der Waals surface area contributed by atoms with Gasteiger partial charge >= 0.3 is 6.09 Å². The summed E-state index contributed by atoms with van der Waals surface area (Å²) in [6.45, 7) is 7.74. The van der Waals surface area contributed by atoms with Gasteiger partial charge in [-0.05, 0) is 50.6 Å². The summed E-state index contributed by atoms with van der Waals surface area (Å²) < 4.78 is 5.52. The van der Waals surface area contributed by atoms with Crippen LogP contribution >= 0.6 is 11.6 Å². The molecule has 8 heteroatoms. The topological polar surface area (TPSA) is 73.3 Å². The highest BCUT2D eigenvalue weighted by atomic mass is 35.5.